The van der Waals surface area contributed by atoms with Crippen molar-refractivity contribution >= 4 is 21.8 Å². The van der Waals surface area contributed by atoms with Gasteiger partial charge in [-0.05, 0) is 12.1 Å². The van der Waals surface area contributed by atoms with Gasteiger partial charge >= 0.3 is 0 Å². The van der Waals surface area contributed by atoms with Crippen molar-refractivity contribution < 1.29 is 0 Å². The first kappa shape index (κ1) is 10.1. The lowest BCUT2D eigenvalue weighted by Gasteiger charge is -2.06. The van der Waals surface area contributed by atoms with Gasteiger partial charge < -0.3 is 4.57 Å². The molecular formula is C15H14N2. The summed E-state index contributed by atoms with van der Waals surface area (Å²) in [5.41, 5.74) is 3.42. The molecule has 0 radical (unpaired) electrons. The zero-order chi connectivity index (χ0) is 11.8. The van der Waals surface area contributed by atoms with E-state index in [1.54, 1.807) is 0 Å². The molecular weight excluding hydrogens is 208 g/mol. The van der Waals surface area contributed by atoms with Crippen molar-refractivity contribution in [2.75, 3.05) is 0 Å². The maximum Gasteiger partial charge on any atom is 0.0726 e. The number of hydrogen-bond acceptors (Lipinski definition) is 1. The molecule has 0 aliphatic carbocycles. The van der Waals surface area contributed by atoms with Gasteiger partial charge in [0.1, 0.15) is 0 Å². The highest BCUT2D eigenvalue weighted by atomic mass is 14.9. The third-order valence-electron chi connectivity index (χ3n) is 3.14. The van der Waals surface area contributed by atoms with E-state index in [9.17, 15) is 0 Å². The second kappa shape index (κ2) is 3.74. The Bertz CT molecular complexity index is 707. The molecule has 0 atom stereocenters. The van der Waals surface area contributed by atoms with Gasteiger partial charge in [-0.1, -0.05) is 24.3 Å². The van der Waals surface area contributed by atoms with Crippen molar-refractivity contribution in [2.45, 2.75) is 6.42 Å². The predicted octanol–water partition coefficient (Wildman–Crippen LogP) is 3.46. The van der Waals surface area contributed by atoms with Crippen molar-refractivity contribution in [2.24, 2.45) is 7.05 Å². The number of nitrogens with zero attached hydrogens (tertiary/aromatic N) is 2. The molecule has 1 aromatic carbocycles. The van der Waals surface area contributed by atoms with Crippen LogP contribution in [0.3, 0.4) is 0 Å². The van der Waals surface area contributed by atoms with Crippen LogP contribution in [0, 0.1) is 0 Å². The molecule has 3 rings (SSSR count). The predicted molar refractivity (Wildman–Crippen MR) is 72.1 cm³/mol. The van der Waals surface area contributed by atoms with Gasteiger partial charge in [0.05, 0.1) is 16.7 Å². The molecule has 0 bridgehead atoms. The van der Waals surface area contributed by atoms with Crippen LogP contribution in [0.25, 0.3) is 21.8 Å². The van der Waals surface area contributed by atoms with Crippen LogP contribution < -0.4 is 0 Å². The number of aryl methyl sites for hydroxylation is 1. The minimum Gasteiger partial charge on any atom is -0.350 e. The molecule has 0 saturated heterocycles. The SMILES string of the molecule is C=CCc1nc2ccccc2c2c1ccn2C. The average Bonchev–Trinajstić information content (AvgIpc) is 2.73. The lowest BCUT2D eigenvalue weighted by atomic mass is 10.1. The quantitative estimate of drug-likeness (QED) is 0.607. The lowest BCUT2D eigenvalue weighted by Crippen LogP contribution is -1.93. The van der Waals surface area contributed by atoms with E-state index in [-0.39, 0.29) is 0 Å². The Hall–Kier alpha value is -2.09. The molecule has 0 spiro atoms. The van der Waals surface area contributed by atoms with Gasteiger partial charge in [0.2, 0.25) is 0 Å². The van der Waals surface area contributed by atoms with Crippen LogP contribution in [-0.4, -0.2) is 9.55 Å². The first-order valence-electron chi connectivity index (χ1n) is 5.75. The summed E-state index contributed by atoms with van der Waals surface area (Å²) in [6, 6.07) is 10.4. The fraction of sp³-hybridized carbons (Fsp3) is 0.133. The van der Waals surface area contributed by atoms with Crippen molar-refractivity contribution in [1.29, 1.82) is 0 Å². The Labute approximate surface area is 100 Å². The maximum absolute atomic E-state index is 4.72. The van der Waals surface area contributed by atoms with Gasteiger partial charge in [-0.15, -0.1) is 6.58 Å². The molecule has 17 heavy (non-hydrogen) atoms. The number of para-hydroxylation sites is 1. The monoisotopic (exact) mass is 222 g/mol. The van der Waals surface area contributed by atoms with Crippen molar-refractivity contribution in [3.8, 4) is 0 Å². The molecule has 0 amide bonds. The van der Waals surface area contributed by atoms with Crippen molar-refractivity contribution in [3.05, 3.63) is 54.9 Å². The minimum atomic E-state index is 0.811. The molecule has 2 aromatic heterocycles. The molecule has 3 aromatic rings. The van der Waals surface area contributed by atoms with Crippen LogP contribution in [0.5, 0.6) is 0 Å². The van der Waals surface area contributed by atoms with Gasteiger partial charge in [-0.2, -0.15) is 0 Å². The molecule has 84 valence electrons. The van der Waals surface area contributed by atoms with E-state index in [4.69, 9.17) is 4.98 Å². The highest BCUT2D eigenvalue weighted by molar-refractivity contribution is 6.05. The van der Waals surface area contributed by atoms with E-state index in [0.717, 1.165) is 17.6 Å². The van der Waals surface area contributed by atoms with Crippen LogP contribution in [0.4, 0.5) is 0 Å². The largest absolute Gasteiger partial charge is 0.350 e. The number of rotatable bonds is 2. The molecule has 2 heteroatoms. The molecule has 2 heterocycles. The molecule has 0 N–H and O–H groups in total. The molecule has 0 unspecified atom stereocenters. The molecule has 0 fully saturated rings. The molecule has 0 aliphatic heterocycles. The second-order valence-electron chi connectivity index (χ2n) is 4.26. The number of benzene rings is 1. The maximum atomic E-state index is 4.72. The van der Waals surface area contributed by atoms with Crippen LogP contribution in [0.2, 0.25) is 0 Å². The van der Waals surface area contributed by atoms with E-state index in [1.807, 2.05) is 12.1 Å². The number of aromatic nitrogens is 2. The normalized spacial score (nSPS) is 11.1. The number of fused-ring (bicyclic) bond motifs is 3. The zero-order valence-electron chi connectivity index (χ0n) is 9.85. The summed E-state index contributed by atoms with van der Waals surface area (Å²) in [5, 5.41) is 2.44. The minimum absolute atomic E-state index is 0.811. The fourth-order valence-electron chi connectivity index (χ4n) is 2.37. The first-order chi connectivity index (χ1) is 8.31. The smallest absolute Gasteiger partial charge is 0.0726 e. The number of pyridine rings is 1. The van der Waals surface area contributed by atoms with Gasteiger partial charge in [-0.3, -0.25) is 4.98 Å². The third kappa shape index (κ3) is 1.45. The first-order valence-corrected chi connectivity index (χ1v) is 5.75. The number of allylic oxidation sites excluding steroid dienone is 1. The van der Waals surface area contributed by atoms with Gasteiger partial charge in [0.25, 0.3) is 0 Å². The summed E-state index contributed by atoms with van der Waals surface area (Å²) in [4.78, 5) is 4.72. The van der Waals surface area contributed by atoms with Gasteiger partial charge in [0.15, 0.2) is 0 Å². The Morgan fingerprint density at radius 1 is 1.24 bits per heavy atom. The van der Waals surface area contributed by atoms with Gasteiger partial charge in [0, 0.05) is 30.4 Å². The second-order valence-corrected chi connectivity index (χ2v) is 4.26. The Morgan fingerprint density at radius 2 is 2.06 bits per heavy atom. The van der Waals surface area contributed by atoms with E-state index in [2.05, 4.69) is 48.7 Å². The topological polar surface area (TPSA) is 17.8 Å². The van der Waals surface area contributed by atoms with Crippen LogP contribution in [0.15, 0.2) is 49.2 Å². The summed E-state index contributed by atoms with van der Waals surface area (Å²) in [7, 11) is 2.08. The Kier molecular flexibility index (Phi) is 2.22. The van der Waals surface area contributed by atoms with Gasteiger partial charge in [-0.25, -0.2) is 0 Å². The average molecular weight is 222 g/mol. The summed E-state index contributed by atoms with van der Waals surface area (Å²) in [5.74, 6) is 0. The van der Waals surface area contributed by atoms with Crippen molar-refractivity contribution in [3.63, 3.8) is 0 Å². The Morgan fingerprint density at radius 3 is 2.88 bits per heavy atom. The Balaban J connectivity index is 2.52. The lowest BCUT2D eigenvalue weighted by molar-refractivity contribution is 0.972. The van der Waals surface area contributed by atoms with E-state index in [0.29, 0.717) is 0 Å². The summed E-state index contributed by atoms with van der Waals surface area (Å²) < 4.78 is 2.16. The fourth-order valence-corrected chi connectivity index (χ4v) is 2.37. The molecule has 0 aliphatic rings. The summed E-state index contributed by atoms with van der Waals surface area (Å²) >= 11 is 0. The highest BCUT2D eigenvalue weighted by Crippen LogP contribution is 2.27. The molecule has 2 nitrogen and oxygen atoms in total. The summed E-state index contributed by atoms with van der Waals surface area (Å²) in [6.45, 7) is 3.80. The van der Waals surface area contributed by atoms with Crippen molar-refractivity contribution in [1.82, 2.24) is 9.55 Å². The van der Waals surface area contributed by atoms with E-state index in [1.165, 1.54) is 16.3 Å². The van der Waals surface area contributed by atoms with Crippen LogP contribution in [0.1, 0.15) is 5.69 Å². The third-order valence-corrected chi connectivity index (χ3v) is 3.14. The van der Waals surface area contributed by atoms with E-state index < -0.39 is 0 Å². The van der Waals surface area contributed by atoms with E-state index >= 15 is 0 Å². The standard InChI is InChI=1S/C15H14N2/c1-3-6-13-12-9-10-17(2)15(12)11-7-4-5-8-14(11)16-13/h3-5,7-10H,1,6H2,2H3. The number of hydrogen-bond donors (Lipinski definition) is 0. The van der Waals surface area contributed by atoms with Crippen LogP contribution in [-0.2, 0) is 13.5 Å². The zero-order valence-corrected chi connectivity index (χ0v) is 9.85. The summed E-state index contributed by atoms with van der Waals surface area (Å²) in [6.07, 6.45) is 4.81. The molecule has 0 saturated carbocycles. The highest BCUT2D eigenvalue weighted by Gasteiger charge is 2.09. The van der Waals surface area contributed by atoms with Crippen LogP contribution >= 0.6 is 0 Å².